The van der Waals surface area contributed by atoms with Crippen molar-refractivity contribution in [3.63, 3.8) is 0 Å². The van der Waals surface area contributed by atoms with Crippen molar-refractivity contribution < 1.29 is 9.59 Å². The Balaban J connectivity index is 2.13. The van der Waals surface area contributed by atoms with Gasteiger partial charge in [-0.25, -0.2) is 0 Å². The zero-order valence-corrected chi connectivity index (χ0v) is 10.7. The van der Waals surface area contributed by atoms with Crippen LogP contribution < -0.4 is 10.6 Å². The normalized spacial score (nSPS) is 15.7. The van der Waals surface area contributed by atoms with E-state index in [-0.39, 0.29) is 17.7 Å². The van der Waals surface area contributed by atoms with Crippen molar-refractivity contribution in [3.8, 4) is 0 Å². The quantitative estimate of drug-likeness (QED) is 0.753. The molecule has 3 N–H and O–H groups in total. The van der Waals surface area contributed by atoms with Gasteiger partial charge in [0.1, 0.15) is 5.56 Å². The van der Waals surface area contributed by atoms with Gasteiger partial charge in [0.05, 0.1) is 0 Å². The zero-order valence-electron chi connectivity index (χ0n) is 10.7. The molecule has 1 heterocycles. The summed E-state index contributed by atoms with van der Waals surface area (Å²) in [5.41, 5.74) is 1.06. The number of amides is 2. The number of anilines is 1. The molecule has 18 heavy (non-hydrogen) atoms. The van der Waals surface area contributed by atoms with Crippen LogP contribution in [0.3, 0.4) is 0 Å². The topological polar surface area (TPSA) is 86.9 Å². The lowest BCUT2D eigenvalue weighted by molar-refractivity contribution is -0.119. The lowest BCUT2D eigenvalue weighted by Crippen LogP contribution is -2.24. The van der Waals surface area contributed by atoms with E-state index in [2.05, 4.69) is 20.8 Å². The second-order valence-corrected chi connectivity index (χ2v) is 4.62. The molecule has 1 aliphatic carbocycles. The fraction of sp³-hybridized carbons (Fsp3) is 0.583. The van der Waals surface area contributed by atoms with Crippen LogP contribution in [-0.4, -0.2) is 29.1 Å². The monoisotopic (exact) mass is 250 g/mol. The van der Waals surface area contributed by atoms with Crippen molar-refractivity contribution in [3.05, 3.63) is 11.3 Å². The highest BCUT2D eigenvalue weighted by molar-refractivity contribution is 6.03. The Hall–Kier alpha value is -1.85. The van der Waals surface area contributed by atoms with Gasteiger partial charge in [-0.05, 0) is 19.8 Å². The van der Waals surface area contributed by atoms with Crippen LogP contribution in [0, 0.1) is 12.8 Å². The highest BCUT2D eigenvalue weighted by Gasteiger charge is 2.25. The molecule has 0 atom stereocenters. The summed E-state index contributed by atoms with van der Waals surface area (Å²) in [4.78, 5) is 23.7. The van der Waals surface area contributed by atoms with E-state index < -0.39 is 0 Å². The van der Waals surface area contributed by atoms with Crippen LogP contribution in [0.5, 0.6) is 0 Å². The second kappa shape index (κ2) is 5.20. The fourth-order valence-electron chi connectivity index (χ4n) is 2.33. The predicted molar refractivity (Wildman–Crippen MR) is 67.3 cm³/mol. The van der Waals surface area contributed by atoms with Crippen LogP contribution in [0.2, 0.25) is 0 Å². The van der Waals surface area contributed by atoms with Crippen LogP contribution in [0.25, 0.3) is 0 Å². The minimum Gasteiger partial charge on any atom is -0.355 e. The Morgan fingerprint density at radius 1 is 1.33 bits per heavy atom. The molecule has 0 radical (unpaired) electrons. The molecule has 6 heteroatoms. The SMILES string of the molecule is CNC(=O)c1c(NC(=O)C2CCCC2)n[nH]c1C. The molecule has 2 rings (SSSR count). The summed E-state index contributed by atoms with van der Waals surface area (Å²) < 4.78 is 0. The average molecular weight is 250 g/mol. The maximum Gasteiger partial charge on any atom is 0.256 e. The van der Waals surface area contributed by atoms with E-state index in [1.165, 1.54) is 0 Å². The number of hydrogen-bond acceptors (Lipinski definition) is 3. The lowest BCUT2D eigenvalue weighted by Gasteiger charge is -2.09. The minimum absolute atomic E-state index is 0.0378. The summed E-state index contributed by atoms with van der Waals surface area (Å²) in [7, 11) is 1.55. The molecule has 1 aliphatic rings. The van der Waals surface area contributed by atoms with Crippen LogP contribution >= 0.6 is 0 Å². The van der Waals surface area contributed by atoms with Crippen molar-refractivity contribution in [2.24, 2.45) is 5.92 Å². The molecule has 1 saturated carbocycles. The van der Waals surface area contributed by atoms with E-state index >= 15 is 0 Å². The first-order valence-electron chi connectivity index (χ1n) is 6.21. The van der Waals surface area contributed by atoms with E-state index in [1.807, 2.05) is 0 Å². The molecular formula is C12H18N4O2. The van der Waals surface area contributed by atoms with Crippen molar-refractivity contribution >= 4 is 17.6 Å². The first-order valence-corrected chi connectivity index (χ1v) is 6.21. The number of rotatable bonds is 3. The summed E-state index contributed by atoms with van der Waals surface area (Å²) in [5, 5.41) is 12.0. The van der Waals surface area contributed by atoms with Crippen LogP contribution in [0.1, 0.15) is 41.7 Å². The number of aromatic nitrogens is 2. The van der Waals surface area contributed by atoms with Crippen molar-refractivity contribution in [1.29, 1.82) is 0 Å². The first kappa shape index (κ1) is 12.6. The Morgan fingerprint density at radius 3 is 2.61 bits per heavy atom. The molecule has 0 bridgehead atoms. The molecule has 0 spiro atoms. The Bertz CT molecular complexity index is 461. The minimum atomic E-state index is -0.247. The standard InChI is InChI=1S/C12H18N4O2/c1-7-9(12(18)13-2)10(16-15-7)14-11(17)8-5-3-4-6-8/h8H,3-6H2,1-2H3,(H,13,18)(H2,14,15,16,17). The van der Waals surface area contributed by atoms with Gasteiger partial charge in [0.25, 0.3) is 5.91 Å². The van der Waals surface area contributed by atoms with Gasteiger partial charge < -0.3 is 10.6 Å². The van der Waals surface area contributed by atoms with E-state index in [1.54, 1.807) is 14.0 Å². The highest BCUT2D eigenvalue weighted by Crippen LogP contribution is 2.26. The number of carbonyl (C=O) groups excluding carboxylic acids is 2. The summed E-state index contributed by atoms with van der Waals surface area (Å²) in [6.07, 6.45) is 4.04. The molecule has 0 aromatic carbocycles. The van der Waals surface area contributed by atoms with E-state index in [0.717, 1.165) is 25.7 Å². The first-order chi connectivity index (χ1) is 8.63. The molecule has 0 saturated heterocycles. The van der Waals surface area contributed by atoms with Gasteiger partial charge in [0.15, 0.2) is 5.82 Å². The molecule has 0 unspecified atom stereocenters. The number of nitrogens with one attached hydrogen (secondary N) is 3. The number of nitrogens with zero attached hydrogens (tertiary/aromatic N) is 1. The van der Waals surface area contributed by atoms with Gasteiger partial charge in [0, 0.05) is 18.7 Å². The third kappa shape index (κ3) is 2.37. The zero-order chi connectivity index (χ0) is 13.1. The second-order valence-electron chi connectivity index (χ2n) is 4.62. The molecule has 6 nitrogen and oxygen atoms in total. The van der Waals surface area contributed by atoms with Gasteiger partial charge in [-0.2, -0.15) is 5.10 Å². The average Bonchev–Trinajstić information content (AvgIpc) is 2.98. The molecule has 2 amide bonds. The summed E-state index contributed by atoms with van der Waals surface area (Å²) in [5.74, 6) is 0.0930. The van der Waals surface area contributed by atoms with Crippen LogP contribution in [0.15, 0.2) is 0 Å². The van der Waals surface area contributed by atoms with Gasteiger partial charge in [-0.15, -0.1) is 0 Å². The number of aryl methyl sites for hydroxylation is 1. The number of hydrogen-bond donors (Lipinski definition) is 3. The Morgan fingerprint density at radius 2 is 2.00 bits per heavy atom. The third-order valence-electron chi connectivity index (χ3n) is 3.37. The Kier molecular flexibility index (Phi) is 3.64. The molecule has 1 fully saturated rings. The lowest BCUT2D eigenvalue weighted by atomic mass is 10.1. The van der Waals surface area contributed by atoms with E-state index in [4.69, 9.17) is 0 Å². The molecule has 0 aliphatic heterocycles. The number of aromatic amines is 1. The van der Waals surface area contributed by atoms with Gasteiger partial charge in [-0.3, -0.25) is 14.7 Å². The van der Waals surface area contributed by atoms with Gasteiger partial charge >= 0.3 is 0 Å². The van der Waals surface area contributed by atoms with Gasteiger partial charge in [0.2, 0.25) is 5.91 Å². The maximum absolute atomic E-state index is 12.0. The smallest absolute Gasteiger partial charge is 0.256 e. The number of H-pyrrole nitrogens is 1. The summed E-state index contributed by atoms with van der Waals surface area (Å²) in [6, 6.07) is 0. The fourth-order valence-corrected chi connectivity index (χ4v) is 2.33. The predicted octanol–water partition coefficient (Wildman–Crippen LogP) is 1.21. The molecule has 1 aromatic heterocycles. The number of carbonyl (C=O) groups is 2. The van der Waals surface area contributed by atoms with Crippen molar-refractivity contribution in [1.82, 2.24) is 15.5 Å². The van der Waals surface area contributed by atoms with Crippen molar-refractivity contribution in [2.75, 3.05) is 12.4 Å². The van der Waals surface area contributed by atoms with Gasteiger partial charge in [-0.1, -0.05) is 12.8 Å². The van der Waals surface area contributed by atoms with Crippen molar-refractivity contribution in [2.45, 2.75) is 32.6 Å². The summed E-state index contributed by atoms with van der Waals surface area (Å²) in [6.45, 7) is 1.75. The van der Waals surface area contributed by atoms with E-state index in [9.17, 15) is 9.59 Å². The van der Waals surface area contributed by atoms with Crippen LogP contribution in [0.4, 0.5) is 5.82 Å². The molecular weight excluding hydrogens is 232 g/mol. The molecule has 1 aromatic rings. The highest BCUT2D eigenvalue weighted by atomic mass is 16.2. The van der Waals surface area contributed by atoms with E-state index in [0.29, 0.717) is 17.1 Å². The van der Waals surface area contributed by atoms with Crippen LogP contribution in [-0.2, 0) is 4.79 Å². The third-order valence-corrected chi connectivity index (χ3v) is 3.37. The summed E-state index contributed by atoms with van der Waals surface area (Å²) >= 11 is 0. The maximum atomic E-state index is 12.0. The largest absolute Gasteiger partial charge is 0.355 e. The molecule has 98 valence electrons. The Labute approximate surface area is 106 Å².